The first-order valence-corrected chi connectivity index (χ1v) is 8.56. The number of hydrogen-bond donors (Lipinski definition) is 2. The predicted octanol–water partition coefficient (Wildman–Crippen LogP) is 3.17. The number of para-hydroxylation sites is 1. The highest BCUT2D eigenvalue weighted by molar-refractivity contribution is 7.99. The Morgan fingerprint density at radius 2 is 2.29 bits per heavy atom. The number of urea groups is 1. The topological polar surface area (TPSA) is 54.3 Å². The molecule has 0 aliphatic carbocycles. The number of benzene rings is 1. The van der Waals surface area contributed by atoms with E-state index in [2.05, 4.69) is 10.6 Å². The summed E-state index contributed by atoms with van der Waals surface area (Å²) in [7, 11) is 0. The van der Waals surface area contributed by atoms with E-state index in [1.54, 1.807) is 0 Å². The van der Waals surface area contributed by atoms with Crippen molar-refractivity contribution in [3.8, 4) is 0 Å². The molecule has 1 aromatic carbocycles. The highest BCUT2D eigenvalue weighted by atomic mass is 32.2. The van der Waals surface area contributed by atoms with Crippen LogP contribution in [-0.4, -0.2) is 30.1 Å². The van der Waals surface area contributed by atoms with Gasteiger partial charge < -0.3 is 15.1 Å². The highest BCUT2D eigenvalue weighted by Gasteiger charge is 2.15. The van der Waals surface area contributed by atoms with Crippen LogP contribution in [0.25, 0.3) is 11.0 Å². The maximum Gasteiger partial charge on any atom is 0.315 e. The number of carbonyl (C=O) groups excluding carboxylic acids is 1. The lowest BCUT2D eigenvalue weighted by molar-refractivity contribution is 0.237. The van der Waals surface area contributed by atoms with E-state index >= 15 is 0 Å². The van der Waals surface area contributed by atoms with Crippen LogP contribution in [0.3, 0.4) is 0 Å². The van der Waals surface area contributed by atoms with Gasteiger partial charge in [0.15, 0.2) is 0 Å². The third-order valence-electron chi connectivity index (χ3n) is 3.63. The lowest BCUT2D eigenvalue weighted by Gasteiger charge is -2.22. The number of hydrogen-bond acceptors (Lipinski definition) is 3. The zero-order valence-corrected chi connectivity index (χ0v) is 12.7. The average molecular weight is 304 g/mol. The van der Waals surface area contributed by atoms with Crippen LogP contribution >= 0.6 is 11.8 Å². The van der Waals surface area contributed by atoms with Crippen molar-refractivity contribution in [2.24, 2.45) is 0 Å². The van der Waals surface area contributed by atoms with Gasteiger partial charge in [0.05, 0.1) is 0 Å². The minimum absolute atomic E-state index is 0.0707. The third kappa shape index (κ3) is 3.94. The molecule has 4 nitrogen and oxygen atoms in total. The van der Waals surface area contributed by atoms with Crippen molar-refractivity contribution < 1.29 is 9.21 Å². The molecule has 2 amide bonds. The Labute approximate surface area is 128 Å². The fraction of sp³-hybridized carbons (Fsp3) is 0.438. The van der Waals surface area contributed by atoms with Gasteiger partial charge in [-0.05, 0) is 30.7 Å². The summed E-state index contributed by atoms with van der Waals surface area (Å²) < 4.78 is 5.72. The Hall–Kier alpha value is -1.62. The first kappa shape index (κ1) is 14.3. The number of amides is 2. The molecule has 1 saturated heterocycles. The summed E-state index contributed by atoms with van der Waals surface area (Å²) in [5, 5.41) is 7.04. The lowest BCUT2D eigenvalue weighted by Crippen LogP contribution is -2.44. The van der Waals surface area contributed by atoms with Crippen LogP contribution in [0.1, 0.15) is 18.6 Å². The van der Waals surface area contributed by atoms with Crippen molar-refractivity contribution in [2.45, 2.75) is 25.3 Å². The van der Waals surface area contributed by atoms with Crippen LogP contribution in [0.5, 0.6) is 0 Å². The fourth-order valence-corrected chi connectivity index (χ4v) is 3.62. The molecule has 0 bridgehead atoms. The lowest BCUT2D eigenvalue weighted by atomic mass is 10.2. The smallest absolute Gasteiger partial charge is 0.315 e. The van der Waals surface area contributed by atoms with E-state index in [-0.39, 0.29) is 6.03 Å². The molecular weight excluding hydrogens is 284 g/mol. The molecule has 1 atom stereocenters. The summed E-state index contributed by atoms with van der Waals surface area (Å²) in [6, 6.07) is 10.2. The number of fused-ring (bicyclic) bond motifs is 1. The maximum absolute atomic E-state index is 11.8. The number of thioether (sulfide) groups is 1. The Morgan fingerprint density at radius 3 is 3.10 bits per heavy atom. The number of rotatable bonds is 4. The number of carbonyl (C=O) groups is 1. The van der Waals surface area contributed by atoms with E-state index in [4.69, 9.17) is 4.42 Å². The second-order valence-electron chi connectivity index (χ2n) is 5.31. The van der Waals surface area contributed by atoms with Crippen LogP contribution in [0.4, 0.5) is 4.79 Å². The molecule has 1 unspecified atom stereocenters. The quantitative estimate of drug-likeness (QED) is 0.912. The third-order valence-corrected chi connectivity index (χ3v) is 4.84. The Balaban J connectivity index is 1.43. The van der Waals surface area contributed by atoms with E-state index in [1.807, 2.05) is 42.1 Å². The van der Waals surface area contributed by atoms with Gasteiger partial charge >= 0.3 is 6.03 Å². The molecule has 5 heteroatoms. The molecule has 2 heterocycles. The molecule has 21 heavy (non-hydrogen) atoms. The zero-order valence-electron chi connectivity index (χ0n) is 11.9. The SMILES string of the molecule is O=C(NCCc1cc2ccccc2o1)NC1CCCSC1. The zero-order chi connectivity index (χ0) is 14.5. The summed E-state index contributed by atoms with van der Waals surface area (Å²) >= 11 is 1.91. The van der Waals surface area contributed by atoms with Gasteiger partial charge in [0, 0.05) is 30.1 Å². The van der Waals surface area contributed by atoms with Crippen molar-refractivity contribution in [1.82, 2.24) is 10.6 Å². The molecule has 2 N–H and O–H groups in total. The second kappa shape index (κ2) is 6.89. The molecule has 0 radical (unpaired) electrons. The molecule has 0 spiro atoms. The van der Waals surface area contributed by atoms with E-state index < -0.39 is 0 Å². The Morgan fingerprint density at radius 1 is 1.38 bits per heavy atom. The maximum atomic E-state index is 11.8. The molecule has 1 aromatic heterocycles. The average Bonchev–Trinajstić information content (AvgIpc) is 2.91. The van der Waals surface area contributed by atoms with Crippen LogP contribution in [0.2, 0.25) is 0 Å². The Bertz CT molecular complexity index is 572. The van der Waals surface area contributed by atoms with Crippen LogP contribution < -0.4 is 10.6 Å². The van der Waals surface area contributed by atoms with Crippen molar-refractivity contribution in [3.63, 3.8) is 0 Å². The summed E-state index contributed by atoms with van der Waals surface area (Å²) in [6.45, 7) is 0.589. The summed E-state index contributed by atoms with van der Waals surface area (Å²) in [4.78, 5) is 11.8. The number of furan rings is 1. The van der Waals surface area contributed by atoms with Gasteiger partial charge in [0.25, 0.3) is 0 Å². The van der Waals surface area contributed by atoms with Crippen LogP contribution in [-0.2, 0) is 6.42 Å². The first-order chi connectivity index (χ1) is 10.3. The van der Waals surface area contributed by atoms with Gasteiger partial charge in [-0.1, -0.05) is 18.2 Å². The molecule has 112 valence electrons. The van der Waals surface area contributed by atoms with Gasteiger partial charge in [0.1, 0.15) is 11.3 Å². The van der Waals surface area contributed by atoms with Crippen LogP contribution in [0.15, 0.2) is 34.7 Å². The van der Waals surface area contributed by atoms with Gasteiger partial charge in [-0.2, -0.15) is 11.8 Å². The molecule has 1 aliphatic heterocycles. The largest absolute Gasteiger partial charge is 0.461 e. The summed E-state index contributed by atoms with van der Waals surface area (Å²) in [6.07, 6.45) is 2.99. The molecular formula is C16H20N2O2S. The van der Waals surface area contributed by atoms with Crippen molar-refractivity contribution in [3.05, 3.63) is 36.1 Å². The summed E-state index contributed by atoms with van der Waals surface area (Å²) in [5.74, 6) is 3.15. The normalized spacial score (nSPS) is 18.6. The second-order valence-corrected chi connectivity index (χ2v) is 6.46. The monoisotopic (exact) mass is 304 g/mol. The van der Waals surface area contributed by atoms with E-state index in [1.165, 1.54) is 12.2 Å². The van der Waals surface area contributed by atoms with E-state index in [9.17, 15) is 4.79 Å². The Kier molecular flexibility index (Phi) is 4.70. The molecule has 0 saturated carbocycles. The van der Waals surface area contributed by atoms with Gasteiger partial charge in [-0.3, -0.25) is 0 Å². The fourth-order valence-electron chi connectivity index (χ4n) is 2.55. The predicted molar refractivity (Wildman–Crippen MR) is 86.8 cm³/mol. The van der Waals surface area contributed by atoms with Gasteiger partial charge in [-0.15, -0.1) is 0 Å². The van der Waals surface area contributed by atoms with Gasteiger partial charge in [0.2, 0.25) is 0 Å². The molecule has 1 fully saturated rings. The van der Waals surface area contributed by atoms with E-state index in [0.717, 1.165) is 28.9 Å². The van der Waals surface area contributed by atoms with E-state index in [0.29, 0.717) is 19.0 Å². The molecule has 3 rings (SSSR count). The minimum Gasteiger partial charge on any atom is -0.461 e. The van der Waals surface area contributed by atoms with Gasteiger partial charge in [-0.25, -0.2) is 4.79 Å². The minimum atomic E-state index is -0.0707. The summed E-state index contributed by atoms with van der Waals surface area (Å²) in [5.41, 5.74) is 0.899. The molecule has 2 aromatic rings. The standard InChI is InChI=1S/C16H20N2O2S/c19-16(18-13-5-3-9-21-11-13)17-8-7-14-10-12-4-1-2-6-15(12)20-14/h1-2,4,6,10,13H,3,5,7-9,11H2,(H2,17,18,19). The van der Waals surface area contributed by atoms with Crippen molar-refractivity contribution >= 4 is 28.8 Å². The van der Waals surface area contributed by atoms with Crippen molar-refractivity contribution in [2.75, 3.05) is 18.1 Å². The highest BCUT2D eigenvalue weighted by Crippen LogP contribution is 2.19. The number of nitrogens with one attached hydrogen (secondary N) is 2. The molecule has 1 aliphatic rings. The first-order valence-electron chi connectivity index (χ1n) is 7.41. The van der Waals surface area contributed by atoms with Crippen molar-refractivity contribution in [1.29, 1.82) is 0 Å². The van der Waals surface area contributed by atoms with Crippen LogP contribution in [0, 0.1) is 0 Å².